The standard InChI is InChI=1S/C23H23N3O2S/c1-15-11-17-13-18(28-2)8-9-19(17)20(12-15)25-26-22(27)14-29-21-7-3-5-16-6-4-10-24-23(16)21/h3-10,13,15H,11-12,14H2,1-2H3,(H,26,27)/b25-20-/t15-/m1/s1. The first-order valence-corrected chi connectivity index (χ1v) is 10.6. The molecule has 0 bridgehead atoms. The van der Waals surface area contributed by atoms with E-state index in [1.165, 1.54) is 17.3 Å². The van der Waals surface area contributed by atoms with Crippen molar-refractivity contribution >= 4 is 34.3 Å². The van der Waals surface area contributed by atoms with Gasteiger partial charge in [-0.1, -0.05) is 25.1 Å². The van der Waals surface area contributed by atoms with Gasteiger partial charge in [-0.15, -0.1) is 11.8 Å². The number of aromatic nitrogens is 1. The number of carbonyl (C=O) groups excluding carboxylic acids is 1. The second-order valence-electron chi connectivity index (χ2n) is 7.25. The fourth-order valence-corrected chi connectivity index (χ4v) is 4.47. The van der Waals surface area contributed by atoms with Crippen LogP contribution in [-0.2, 0) is 11.2 Å². The van der Waals surface area contributed by atoms with Gasteiger partial charge in [-0.2, -0.15) is 5.10 Å². The van der Waals surface area contributed by atoms with Crippen molar-refractivity contribution in [1.82, 2.24) is 10.4 Å². The molecule has 0 spiro atoms. The quantitative estimate of drug-likeness (QED) is 0.504. The summed E-state index contributed by atoms with van der Waals surface area (Å²) in [7, 11) is 1.67. The van der Waals surface area contributed by atoms with E-state index in [4.69, 9.17) is 4.74 Å². The predicted octanol–water partition coefficient (Wildman–Crippen LogP) is 4.44. The number of nitrogens with one attached hydrogen (secondary N) is 1. The highest BCUT2D eigenvalue weighted by atomic mass is 32.2. The molecule has 148 valence electrons. The van der Waals surface area contributed by atoms with Crippen molar-refractivity contribution in [2.75, 3.05) is 12.9 Å². The monoisotopic (exact) mass is 405 g/mol. The Morgan fingerprint density at radius 2 is 2.10 bits per heavy atom. The summed E-state index contributed by atoms with van der Waals surface area (Å²) in [5, 5.41) is 5.52. The first kappa shape index (κ1) is 19.5. The van der Waals surface area contributed by atoms with Gasteiger partial charge in [0, 0.05) is 22.0 Å². The molecule has 0 aliphatic heterocycles. The van der Waals surface area contributed by atoms with E-state index in [1.807, 2.05) is 42.5 Å². The molecule has 2 aromatic carbocycles. The van der Waals surface area contributed by atoms with Crippen molar-refractivity contribution in [1.29, 1.82) is 0 Å². The maximum atomic E-state index is 12.4. The topological polar surface area (TPSA) is 63.6 Å². The van der Waals surface area contributed by atoms with Gasteiger partial charge in [-0.25, -0.2) is 5.43 Å². The van der Waals surface area contributed by atoms with Crippen molar-refractivity contribution < 1.29 is 9.53 Å². The average Bonchev–Trinajstić information content (AvgIpc) is 2.75. The number of hydrogen-bond donors (Lipinski definition) is 1. The Hall–Kier alpha value is -2.86. The molecule has 0 fully saturated rings. The smallest absolute Gasteiger partial charge is 0.250 e. The molecule has 1 aromatic heterocycles. The van der Waals surface area contributed by atoms with Gasteiger partial charge in [0.1, 0.15) is 5.75 Å². The summed E-state index contributed by atoms with van der Waals surface area (Å²) >= 11 is 1.48. The molecule has 1 aliphatic rings. The Kier molecular flexibility index (Phi) is 5.81. The minimum absolute atomic E-state index is 0.122. The van der Waals surface area contributed by atoms with Crippen LogP contribution in [0, 0.1) is 5.92 Å². The molecule has 4 rings (SSSR count). The van der Waals surface area contributed by atoms with Crippen molar-refractivity contribution in [3.05, 3.63) is 65.9 Å². The van der Waals surface area contributed by atoms with E-state index in [-0.39, 0.29) is 11.7 Å². The van der Waals surface area contributed by atoms with Crippen LogP contribution in [0.1, 0.15) is 24.5 Å². The molecule has 29 heavy (non-hydrogen) atoms. The normalized spacial score (nSPS) is 17.2. The summed E-state index contributed by atoms with van der Waals surface area (Å²) in [4.78, 5) is 17.8. The third kappa shape index (κ3) is 4.43. The second-order valence-corrected chi connectivity index (χ2v) is 8.27. The SMILES string of the molecule is COc1ccc2c(c1)C[C@@H](C)C/C2=N/NC(=O)CSc1cccc2cccnc12. The molecule has 1 aliphatic carbocycles. The van der Waals surface area contributed by atoms with Gasteiger partial charge in [0.2, 0.25) is 5.91 Å². The van der Waals surface area contributed by atoms with Crippen LogP contribution in [-0.4, -0.2) is 29.5 Å². The zero-order valence-electron chi connectivity index (χ0n) is 16.5. The van der Waals surface area contributed by atoms with E-state index in [1.54, 1.807) is 13.3 Å². The maximum Gasteiger partial charge on any atom is 0.250 e. The molecule has 6 heteroatoms. The number of nitrogens with zero attached hydrogens (tertiary/aromatic N) is 2. The van der Waals surface area contributed by atoms with Crippen molar-refractivity contribution in [3.63, 3.8) is 0 Å². The Morgan fingerprint density at radius 1 is 1.24 bits per heavy atom. The highest BCUT2D eigenvalue weighted by Gasteiger charge is 2.21. The third-order valence-corrected chi connectivity index (χ3v) is 6.05. The molecule has 0 saturated carbocycles. The van der Waals surface area contributed by atoms with Gasteiger partial charge < -0.3 is 4.74 Å². The summed E-state index contributed by atoms with van der Waals surface area (Å²) in [5.74, 6) is 1.49. The molecule has 5 nitrogen and oxygen atoms in total. The van der Waals surface area contributed by atoms with E-state index in [0.29, 0.717) is 5.92 Å². The minimum Gasteiger partial charge on any atom is -0.497 e. The van der Waals surface area contributed by atoms with Gasteiger partial charge in [-0.05, 0) is 54.7 Å². The molecule has 0 unspecified atom stereocenters. The molecule has 1 heterocycles. The number of rotatable bonds is 5. The molecule has 0 saturated heterocycles. The van der Waals surface area contributed by atoms with Crippen molar-refractivity contribution in [2.45, 2.75) is 24.7 Å². The predicted molar refractivity (Wildman–Crippen MR) is 118 cm³/mol. The molecule has 1 amide bonds. The number of methoxy groups -OCH3 is 1. The van der Waals surface area contributed by atoms with E-state index >= 15 is 0 Å². The number of fused-ring (bicyclic) bond motifs is 2. The van der Waals surface area contributed by atoms with Gasteiger partial charge in [0.25, 0.3) is 0 Å². The summed E-state index contributed by atoms with van der Waals surface area (Å²) in [5.41, 5.74) is 6.89. The fourth-order valence-electron chi connectivity index (χ4n) is 3.64. The largest absolute Gasteiger partial charge is 0.497 e. The zero-order chi connectivity index (χ0) is 20.2. The van der Waals surface area contributed by atoms with E-state index in [2.05, 4.69) is 28.5 Å². The summed E-state index contributed by atoms with van der Waals surface area (Å²) in [6.45, 7) is 2.20. The first-order valence-electron chi connectivity index (χ1n) is 9.63. The highest BCUT2D eigenvalue weighted by molar-refractivity contribution is 8.00. The molecular formula is C23H23N3O2S. The van der Waals surface area contributed by atoms with Gasteiger partial charge in [-0.3, -0.25) is 9.78 Å². The van der Waals surface area contributed by atoms with Crippen LogP contribution in [0.4, 0.5) is 0 Å². The Balaban J connectivity index is 1.45. The van der Waals surface area contributed by atoms with Gasteiger partial charge >= 0.3 is 0 Å². The molecule has 1 atom stereocenters. The Labute approximate surface area is 174 Å². The summed E-state index contributed by atoms with van der Waals surface area (Å²) in [6, 6.07) is 16.0. The average molecular weight is 406 g/mol. The van der Waals surface area contributed by atoms with Gasteiger partial charge in [0.15, 0.2) is 0 Å². The van der Waals surface area contributed by atoms with E-state index < -0.39 is 0 Å². The Morgan fingerprint density at radius 3 is 2.97 bits per heavy atom. The number of carbonyl (C=O) groups is 1. The summed E-state index contributed by atoms with van der Waals surface area (Å²) < 4.78 is 5.34. The molecular weight excluding hydrogens is 382 g/mol. The minimum atomic E-state index is -0.122. The Bertz CT molecular complexity index is 1080. The van der Waals surface area contributed by atoms with Crippen LogP contribution in [0.3, 0.4) is 0 Å². The lowest BCUT2D eigenvalue weighted by Gasteiger charge is -2.23. The first-order chi connectivity index (χ1) is 14.1. The van der Waals surface area contributed by atoms with Gasteiger partial charge in [0.05, 0.1) is 24.1 Å². The number of hydrazone groups is 1. The lowest BCUT2D eigenvalue weighted by atomic mass is 9.83. The molecule has 3 aromatic rings. The second kappa shape index (κ2) is 8.66. The number of thioether (sulfide) groups is 1. The molecule has 0 radical (unpaired) electrons. The zero-order valence-corrected chi connectivity index (χ0v) is 17.3. The van der Waals surface area contributed by atoms with Crippen LogP contribution in [0.15, 0.2) is 64.7 Å². The van der Waals surface area contributed by atoms with Crippen LogP contribution < -0.4 is 10.2 Å². The number of benzene rings is 2. The maximum absolute atomic E-state index is 12.4. The number of ether oxygens (including phenoxy) is 1. The fraction of sp³-hybridized carbons (Fsp3) is 0.261. The number of hydrogen-bond acceptors (Lipinski definition) is 5. The van der Waals surface area contributed by atoms with E-state index in [0.717, 1.165) is 45.7 Å². The van der Waals surface area contributed by atoms with Crippen LogP contribution in [0.25, 0.3) is 10.9 Å². The lowest BCUT2D eigenvalue weighted by Crippen LogP contribution is -2.25. The van der Waals surface area contributed by atoms with Crippen LogP contribution >= 0.6 is 11.8 Å². The van der Waals surface area contributed by atoms with E-state index in [9.17, 15) is 4.79 Å². The number of amides is 1. The number of pyridine rings is 1. The highest BCUT2D eigenvalue weighted by Crippen LogP contribution is 2.29. The van der Waals surface area contributed by atoms with Crippen LogP contribution in [0.5, 0.6) is 5.75 Å². The lowest BCUT2D eigenvalue weighted by molar-refractivity contribution is -0.118. The third-order valence-electron chi connectivity index (χ3n) is 5.00. The van der Waals surface area contributed by atoms with Crippen LogP contribution in [0.2, 0.25) is 0 Å². The van der Waals surface area contributed by atoms with Crippen molar-refractivity contribution in [3.8, 4) is 5.75 Å². The summed E-state index contributed by atoms with van der Waals surface area (Å²) in [6.07, 6.45) is 3.61. The van der Waals surface area contributed by atoms with Crippen molar-refractivity contribution in [2.24, 2.45) is 11.0 Å². The number of para-hydroxylation sites is 1. The molecule has 1 N–H and O–H groups in total.